The van der Waals surface area contributed by atoms with Crippen molar-refractivity contribution >= 4 is 29.3 Å². The zero-order valence-corrected chi connectivity index (χ0v) is 21.1. The van der Waals surface area contributed by atoms with Gasteiger partial charge in [-0.3, -0.25) is 24.3 Å². The fraction of sp³-hybridized carbons (Fsp3) is 0.458. The predicted molar refractivity (Wildman–Crippen MR) is 135 cm³/mol. The number of alkyl halides is 1. The van der Waals surface area contributed by atoms with Gasteiger partial charge in [0.2, 0.25) is 23.6 Å². The fourth-order valence-corrected chi connectivity index (χ4v) is 3.32. The molecule has 0 spiro atoms. The van der Waals surface area contributed by atoms with Crippen LogP contribution in [0.5, 0.6) is 5.88 Å². The molecule has 2 rings (SSSR count). The number of halogens is 1. The number of aromatic nitrogens is 2. The highest BCUT2D eigenvalue weighted by Gasteiger charge is 2.21. The molecule has 2 aromatic rings. The number of nitrogens with zero attached hydrogens (tertiary/aromatic N) is 4. The van der Waals surface area contributed by atoms with Crippen molar-refractivity contribution in [3.8, 4) is 17.3 Å². The Morgan fingerprint density at radius 3 is 2.56 bits per heavy atom. The van der Waals surface area contributed by atoms with Gasteiger partial charge in [-0.1, -0.05) is 12.1 Å². The van der Waals surface area contributed by atoms with Crippen LogP contribution >= 0.6 is 11.6 Å². The Bertz CT molecular complexity index is 978. The third-order valence-corrected chi connectivity index (χ3v) is 5.19. The van der Waals surface area contributed by atoms with Gasteiger partial charge in [-0.15, -0.1) is 11.6 Å². The quantitative estimate of drug-likeness (QED) is 0.267. The van der Waals surface area contributed by atoms with Crippen molar-refractivity contribution in [1.29, 1.82) is 0 Å². The average Bonchev–Trinajstić information content (AvgIpc) is 2.84. The zero-order chi connectivity index (χ0) is 26.3. The Kier molecular flexibility index (Phi) is 12.6. The van der Waals surface area contributed by atoms with Crippen LogP contribution in [0.15, 0.2) is 42.6 Å². The first-order chi connectivity index (χ1) is 17.3. The van der Waals surface area contributed by atoms with Crippen molar-refractivity contribution in [3.63, 3.8) is 0 Å². The van der Waals surface area contributed by atoms with E-state index in [1.165, 1.54) is 9.80 Å². The van der Waals surface area contributed by atoms with Crippen LogP contribution in [0.4, 0.5) is 0 Å². The average molecular weight is 521 g/mol. The number of hydrogen-bond acceptors (Lipinski definition) is 8. The highest BCUT2D eigenvalue weighted by molar-refractivity contribution is 6.20. The lowest BCUT2D eigenvalue weighted by Gasteiger charge is -2.26. The Balaban J connectivity index is 1.93. The molecule has 3 amide bonds. The van der Waals surface area contributed by atoms with Gasteiger partial charge in [0.1, 0.15) is 6.61 Å². The van der Waals surface area contributed by atoms with E-state index in [9.17, 15) is 19.5 Å². The summed E-state index contributed by atoms with van der Waals surface area (Å²) in [6.07, 6.45) is 2.26. The smallest absolute Gasteiger partial charge is 0.239 e. The van der Waals surface area contributed by atoms with Crippen molar-refractivity contribution in [2.24, 2.45) is 5.73 Å². The van der Waals surface area contributed by atoms with E-state index in [1.807, 2.05) is 31.2 Å². The van der Waals surface area contributed by atoms with Crippen LogP contribution in [0.3, 0.4) is 0 Å². The molecule has 11 nitrogen and oxygen atoms in total. The number of aliphatic hydroxyl groups is 1. The molecule has 0 aliphatic rings. The Hall–Kier alpha value is -3.28. The molecule has 1 atom stereocenters. The number of rotatable bonds is 16. The maximum absolute atomic E-state index is 12.8. The number of hydrogen-bond donors (Lipinski definition) is 3. The molecule has 0 saturated heterocycles. The Morgan fingerprint density at radius 2 is 1.89 bits per heavy atom. The number of amides is 3. The van der Waals surface area contributed by atoms with Crippen LogP contribution in [0.25, 0.3) is 11.4 Å². The van der Waals surface area contributed by atoms with Crippen molar-refractivity contribution in [2.45, 2.75) is 18.7 Å². The number of carbonyl (C=O) groups excluding carboxylic acids is 3. The summed E-state index contributed by atoms with van der Waals surface area (Å²) in [6, 6.07) is 10.8. The highest BCUT2D eigenvalue weighted by Crippen LogP contribution is 2.17. The lowest BCUT2D eigenvalue weighted by molar-refractivity contribution is -0.138. The molecule has 36 heavy (non-hydrogen) atoms. The molecule has 0 fully saturated rings. The summed E-state index contributed by atoms with van der Waals surface area (Å²) in [4.78, 5) is 48.0. The van der Waals surface area contributed by atoms with E-state index in [-0.39, 0.29) is 57.2 Å². The van der Waals surface area contributed by atoms with E-state index in [0.717, 1.165) is 0 Å². The van der Waals surface area contributed by atoms with Gasteiger partial charge < -0.3 is 25.8 Å². The van der Waals surface area contributed by atoms with E-state index >= 15 is 0 Å². The lowest BCUT2D eigenvalue weighted by atomic mass is 10.2. The molecule has 2 heterocycles. The van der Waals surface area contributed by atoms with Crippen LogP contribution < -0.4 is 15.8 Å². The Morgan fingerprint density at radius 1 is 1.11 bits per heavy atom. The normalized spacial score (nSPS) is 11.7. The molecule has 0 aliphatic heterocycles. The summed E-state index contributed by atoms with van der Waals surface area (Å²) in [5, 5.41) is 11.9. The first-order valence-electron chi connectivity index (χ1n) is 11.6. The summed E-state index contributed by atoms with van der Waals surface area (Å²) < 4.78 is 5.73. The second kappa shape index (κ2) is 15.7. The van der Waals surface area contributed by atoms with Crippen LogP contribution in [0.1, 0.15) is 13.3 Å². The molecule has 0 aromatic carbocycles. The number of nitrogens with one attached hydrogen (secondary N) is 1. The van der Waals surface area contributed by atoms with Crippen molar-refractivity contribution in [3.05, 3.63) is 42.6 Å². The van der Waals surface area contributed by atoms with Gasteiger partial charge in [0.25, 0.3) is 0 Å². The summed E-state index contributed by atoms with van der Waals surface area (Å²) in [6.45, 7) is 1.63. The van der Waals surface area contributed by atoms with Gasteiger partial charge in [-0.2, -0.15) is 0 Å². The minimum Gasteiger partial charge on any atom is -0.476 e. The molecule has 1 unspecified atom stereocenters. The van der Waals surface area contributed by atoms with Gasteiger partial charge >= 0.3 is 0 Å². The number of primary amides is 1. The minimum absolute atomic E-state index is 0.0245. The molecular weight excluding hydrogens is 488 g/mol. The van der Waals surface area contributed by atoms with Gasteiger partial charge in [0.05, 0.1) is 37.6 Å². The van der Waals surface area contributed by atoms with E-state index in [4.69, 9.17) is 22.1 Å². The second-order valence-corrected chi connectivity index (χ2v) is 8.80. The Labute approximate surface area is 215 Å². The van der Waals surface area contributed by atoms with E-state index in [2.05, 4.69) is 15.3 Å². The second-order valence-electron chi connectivity index (χ2n) is 8.06. The molecule has 12 heteroatoms. The third kappa shape index (κ3) is 11.0. The van der Waals surface area contributed by atoms with E-state index in [0.29, 0.717) is 30.2 Å². The van der Waals surface area contributed by atoms with Crippen LogP contribution in [0, 0.1) is 0 Å². The van der Waals surface area contributed by atoms with Gasteiger partial charge in [-0.25, -0.2) is 4.98 Å². The maximum atomic E-state index is 12.8. The first-order valence-corrected chi connectivity index (χ1v) is 12.0. The third-order valence-electron chi connectivity index (χ3n) is 4.97. The number of pyridine rings is 2. The standard InChI is InChI=1S/C24H33ClN6O5/c1-18(25)8-10-28-22(34)16-31(11-13-32)24(35)17-30(15-21(26)33)12-14-36-23-7-4-6-20(29-23)19-5-2-3-9-27-19/h2-7,9,18,32H,8,10-17H2,1H3,(H2,26,33)(H,28,34). The largest absolute Gasteiger partial charge is 0.476 e. The first kappa shape index (κ1) is 29.0. The summed E-state index contributed by atoms with van der Waals surface area (Å²) in [5.41, 5.74) is 6.70. The van der Waals surface area contributed by atoms with E-state index < -0.39 is 11.8 Å². The topological polar surface area (TPSA) is 151 Å². The summed E-state index contributed by atoms with van der Waals surface area (Å²) in [7, 11) is 0. The maximum Gasteiger partial charge on any atom is 0.239 e. The molecule has 0 radical (unpaired) electrons. The van der Waals surface area contributed by atoms with Crippen molar-refractivity contribution in [2.75, 3.05) is 52.5 Å². The number of aliphatic hydroxyl groups excluding tert-OH is 1. The van der Waals surface area contributed by atoms with Crippen LogP contribution in [-0.4, -0.2) is 100 Å². The van der Waals surface area contributed by atoms with E-state index in [1.54, 1.807) is 18.3 Å². The lowest BCUT2D eigenvalue weighted by Crippen LogP contribution is -2.48. The van der Waals surface area contributed by atoms with Gasteiger partial charge in [0.15, 0.2) is 0 Å². The molecule has 0 aliphatic carbocycles. The number of carbonyl (C=O) groups is 3. The molecular formula is C24H33ClN6O5. The summed E-state index contributed by atoms with van der Waals surface area (Å²) >= 11 is 5.87. The zero-order valence-electron chi connectivity index (χ0n) is 20.3. The highest BCUT2D eigenvalue weighted by atomic mass is 35.5. The predicted octanol–water partition coefficient (Wildman–Crippen LogP) is 0.264. The molecule has 0 bridgehead atoms. The fourth-order valence-electron chi connectivity index (χ4n) is 3.21. The monoisotopic (exact) mass is 520 g/mol. The molecule has 0 saturated carbocycles. The molecule has 2 aromatic heterocycles. The number of ether oxygens (including phenoxy) is 1. The molecule has 196 valence electrons. The number of nitrogens with two attached hydrogens (primary N) is 1. The molecule has 4 N–H and O–H groups in total. The van der Waals surface area contributed by atoms with Crippen LogP contribution in [-0.2, 0) is 14.4 Å². The van der Waals surface area contributed by atoms with Crippen molar-refractivity contribution in [1.82, 2.24) is 25.1 Å². The SMILES string of the molecule is CC(Cl)CCNC(=O)CN(CCO)C(=O)CN(CCOc1cccc(-c2ccccn2)n1)CC(N)=O. The van der Waals surface area contributed by atoms with Gasteiger partial charge in [-0.05, 0) is 31.5 Å². The summed E-state index contributed by atoms with van der Waals surface area (Å²) in [5.74, 6) is -1.03. The van der Waals surface area contributed by atoms with Crippen LogP contribution in [0.2, 0.25) is 0 Å². The minimum atomic E-state index is -0.611. The van der Waals surface area contributed by atoms with Crippen molar-refractivity contribution < 1.29 is 24.2 Å². The van der Waals surface area contributed by atoms with Gasteiger partial charge in [0, 0.05) is 37.3 Å².